The molecule has 0 radical (unpaired) electrons. The maximum absolute atomic E-state index is 11.6. The SMILES string of the molecule is CCOc1ccc(NC(=O)CC(=O)CBr)cc1OCC. The number of ketones is 1. The summed E-state index contributed by atoms with van der Waals surface area (Å²) in [6.07, 6.45) is -0.150. The molecule has 0 unspecified atom stereocenters. The Morgan fingerprint density at radius 3 is 2.40 bits per heavy atom. The molecule has 1 N–H and O–H groups in total. The molecule has 1 aromatic rings. The molecule has 0 aromatic heterocycles. The number of Topliss-reactive ketones (excluding diaryl/α,β-unsaturated/α-hetero) is 1. The Kier molecular flexibility index (Phi) is 7.08. The van der Waals surface area contributed by atoms with Crippen LogP contribution in [-0.2, 0) is 9.59 Å². The minimum Gasteiger partial charge on any atom is -0.490 e. The Bertz CT molecular complexity index is 476. The van der Waals surface area contributed by atoms with E-state index in [1.807, 2.05) is 13.8 Å². The zero-order valence-corrected chi connectivity index (χ0v) is 13.2. The number of rotatable bonds is 8. The first-order chi connectivity index (χ1) is 9.60. The molecule has 5 nitrogen and oxygen atoms in total. The van der Waals surface area contributed by atoms with E-state index >= 15 is 0 Å². The topological polar surface area (TPSA) is 64.6 Å². The molecule has 0 bridgehead atoms. The molecular formula is C14H18BrNO4. The minimum absolute atomic E-state index is 0.150. The second-order valence-electron chi connectivity index (χ2n) is 3.92. The van der Waals surface area contributed by atoms with Gasteiger partial charge < -0.3 is 14.8 Å². The van der Waals surface area contributed by atoms with E-state index < -0.39 is 0 Å². The van der Waals surface area contributed by atoms with Gasteiger partial charge in [-0.2, -0.15) is 0 Å². The van der Waals surface area contributed by atoms with E-state index in [9.17, 15) is 9.59 Å². The number of ether oxygens (including phenoxy) is 2. The van der Waals surface area contributed by atoms with E-state index in [2.05, 4.69) is 21.2 Å². The second kappa shape index (κ2) is 8.58. The first kappa shape index (κ1) is 16.5. The molecule has 0 aliphatic heterocycles. The number of carbonyl (C=O) groups is 2. The first-order valence-corrected chi connectivity index (χ1v) is 7.50. The van der Waals surface area contributed by atoms with Crippen molar-refractivity contribution < 1.29 is 19.1 Å². The van der Waals surface area contributed by atoms with Crippen LogP contribution in [0, 0.1) is 0 Å². The van der Waals surface area contributed by atoms with E-state index in [0.29, 0.717) is 30.4 Å². The summed E-state index contributed by atoms with van der Waals surface area (Å²) >= 11 is 3.02. The van der Waals surface area contributed by atoms with Crippen molar-refractivity contribution in [2.24, 2.45) is 0 Å². The summed E-state index contributed by atoms with van der Waals surface area (Å²) in [7, 11) is 0. The fraction of sp³-hybridized carbons (Fsp3) is 0.429. The molecule has 0 fully saturated rings. The smallest absolute Gasteiger partial charge is 0.231 e. The number of benzene rings is 1. The van der Waals surface area contributed by atoms with Gasteiger partial charge in [0.25, 0.3) is 0 Å². The van der Waals surface area contributed by atoms with E-state index in [-0.39, 0.29) is 23.4 Å². The van der Waals surface area contributed by atoms with Crippen LogP contribution in [0.15, 0.2) is 18.2 Å². The van der Waals surface area contributed by atoms with E-state index in [1.165, 1.54) is 0 Å². The maximum Gasteiger partial charge on any atom is 0.231 e. The summed E-state index contributed by atoms with van der Waals surface area (Å²) < 4.78 is 10.9. The number of hydrogen-bond acceptors (Lipinski definition) is 4. The van der Waals surface area contributed by atoms with Gasteiger partial charge >= 0.3 is 0 Å². The van der Waals surface area contributed by atoms with Crippen LogP contribution in [0.5, 0.6) is 11.5 Å². The van der Waals surface area contributed by atoms with Crippen molar-refractivity contribution in [3.05, 3.63) is 18.2 Å². The molecule has 1 amide bonds. The number of alkyl halides is 1. The lowest BCUT2D eigenvalue weighted by Crippen LogP contribution is -2.17. The van der Waals surface area contributed by atoms with Gasteiger partial charge in [-0.15, -0.1) is 0 Å². The summed E-state index contributed by atoms with van der Waals surface area (Å²) in [4.78, 5) is 22.8. The molecule has 0 atom stereocenters. The molecule has 6 heteroatoms. The summed E-state index contributed by atoms with van der Waals surface area (Å²) in [5, 5.41) is 2.83. The average molecular weight is 344 g/mol. The standard InChI is InChI=1S/C14H18BrNO4/c1-3-19-12-6-5-10(7-13(12)20-4-2)16-14(18)8-11(17)9-15/h5-7H,3-4,8-9H2,1-2H3,(H,16,18). The Morgan fingerprint density at radius 2 is 1.80 bits per heavy atom. The van der Waals surface area contributed by atoms with Crippen LogP contribution >= 0.6 is 15.9 Å². The van der Waals surface area contributed by atoms with Gasteiger partial charge in [0.15, 0.2) is 17.3 Å². The molecule has 20 heavy (non-hydrogen) atoms. The highest BCUT2D eigenvalue weighted by Crippen LogP contribution is 2.30. The van der Waals surface area contributed by atoms with Crippen LogP contribution in [0.4, 0.5) is 5.69 Å². The van der Waals surface area contributed by atoms with Crippen LogP contribution in [0.3, 0.4) is 0 Å². The van der Waals surface area contributed by atoms with Crippen molar-refractivity contribution in [1.29, 1.82) is 0 Å². The van der Waals surface area contributed by atoms with Crippen molar-refractivity contribution in [2.45, 2.75) is 20.3 Å². The van der Waals surface area contributed by atoms with Crippen molar-refractivity contribution in [3.8, 4) is 11.5 Å². The van der Waals surface area contributed by atoms with Crippen LogP contribution in [-0.4, -0.2) is 30.2 Å². The lowest BCUT2D eigenvalue weighted by molar-refractivity contribution is -0.123. The predicted molar refractivity (Wildman–Crippen MR) is 80.8 cm³/mol. The molecule has 0 spiro atoms. The number of anilines is 1. The highest BCUT2D eigenvalue weighted by atomic mass is 79.9. The van der Waals surface area contributed by atoms with Gasteiger partial charge in [0.2, 0.25) is 5.91 Å². The van der Waals surface area contributed by atoms with Gasteiger partial charge in [-0.25, -0.2) is 0 Å². The number of carbonyl (C=O) groups excluding carboxylic acids is 2. The largest absolute Gasteiger partial charge is 0.490 e. The molecule has 0 saturated carbocycles. The van der Waals surface area contributed by atoms with Crippen LogP contribution < -0.4 is 14.8 Å². The normalized spacial score (nSPS) is 9.95. The quantitative estimate of drug-likeness (QED) is 0.582. The average Bonchev–Trinajstić information content (AvgIpc) is 2.42. The summed E-state index contributed by atoms with van der Waals surface area (Å²) in [5.74, 6) is 0.683. The third-order valence-electron chi connectivity index (χ3n) is 2.33. The summed E-state index contributed by atoms with van der Waals surface area (Å²) in [6, 6.07) is 5.13. The monoisotopic (exact) mass is 343 g/mol. The third kappa shape index (κ3) is 5.21. The van der Waals surface area contributed by atoms with Crippen molar-refractivity contribution in [2.75, 3.05) is 23.9 Å². The van der Waals surface area contributed by atoms with Gasteiger partial charge in [0.05, 0.1) is 25.0 Å². The number of amides is 1. The zero-order chi connectivity index (χ0) is 15.0. The fourth-order valence-corrected chi connectivity index (χ4v) is 1.76. The van der Waals surface area contributed by atoms with Gasteiger partial charge in [-0.05, 0) is 26.0 Å². The van der Waals surface area contributed by atoms with Crippen LogP contribution in [0.1, 0.15) is 20.3 Å². The number of hydrogen-bond donors (Lipinski definition) is 1. The Morgan fingerprint density at radius 1 is 1.15 bits per heavy atom. The molecule has 1 aromatic carbocycles. The van der Waals surface area contributed by atoms with Crippen molar-refractivity contribution in [1.82, 2.24) is 0 Å². The van der Waals surface area contributed by atoms with E-state index in [1.54, 1.807) is 18.2 Å². The van der Waals surface area contributed by atoms with Crippen LogP contribution in [0.2, 0.25) is 0 Å². The highest BCUT2D eigenvalue weighted by molar-refractivity contribution is 9.09. The summed E-state index contributed by atoms with van der Waals surface area (Å²) in [5.41, 5.74) is 0.573. The molecule has 1 rings (SSSR count). The van der Waals surface area contributed by atoms with E-state index in [0.717, 1.165) is 0 Å². The molecule has 0 heterocycles. The van der Waals surface area contributed by atoms with Crippen molar-refractivity contribution >= 4 is 33.3 Å². The minimum atomic E-state index is -0.346. The molecule has 110 valence electrons. The maximum atomic E-state index is 11.6. The second-order valence-corrected chi connectivity index (χ2v) is 4.49. The number of nitrogens with one attached hydrogen (secondary N) is 1. The van der Waals surface area contributed by atoms with Gasteiger partial charge in [0, 0.05) is 11.8 Å². The molecule has 0 saturated heterocycles. The Labute approximate surface area is 126 Å². The Balaban J connectivity index is 2.78. The zero-order valence-electron chi connectivity index (χ0n) is 11.6. The van der Waals surface area contributed by atoms with Crippen molar-refractivity contribution in [3.63, 3.8) is 0 Å². The van der Waals surface area contributed by atoms with E-state index in [4.69, 9.17) is 9.47 Å². The fourth-order valence-electron chi connectivity index (χ4n) is 1.56. The molecular weight excluding hydrogens is 326 g/mol. The molecule has 0 aliphatic rings. The van der Waals surface area contributed by atoms with Gasteiger partial charge in [0.1, 0.15) is 0 Å². The van der Waals surface area contributed by atoms with Gasteiger partial charge in [-0.1, -0.05) is 15.9 Å². The first-order valence-electron chi connectivity index (χ1n) is 6.37. The summed E-state index contributed by atoms with van der Waals surface area (Å²) in [6.45, 7) is 4.79. The number of halogens is 1. The molecule has 0 aliphatic carbocycles. The third-order valence-corrected chi connectivity index (χ3v) is 2.96. The lowest BCUT2D eigenvalue weighted by Gasteiger charge is -2.12. The Hall–Kier alpha value is -1.56. The highest BCUT2D eigenvalue weighted by Gasteiger charge is 2.11. The van der Waals surface area contributed by atoms with Crippen LogP contribution in [0.25, 0.3) is 0 Å². The van der Waals surface area contributed by atoms with Gasteiger partial charge in [-0.3, -0.25) is 9.59 Å². The predicted octanol–water partition coefficient (Wildman–Crippen LogP) is 2.78. The lowest BCUT2D eigenvalue weighted by atomic mass is 10.2.